The van der Waals surface area contributed by atoms with Crippen LogP contribution in [-0.2, 0) is 23.1 Å². The summed E-state index contributed by atoms with van der Waals surface area (Å²) in [4.78, 5) is 23.9. The topological polar surface area (TPSA) is 206 Å². The van der Waals surface area contributed by atoms with Crippen LogP contribution < -0.4 is 4.89 Å². The van der Waals surface area contributed by atoms with E-state index < -0.39 is 69.7 Å². The van der Waals surface area contributed by atoms with E-state index >= 15 is 0 Å². The molecule has 0 radical (unpaired) electrons. The molecule has 0 aromatic heterocycles. The van der Waals surface area contributed by atoms with E-state index in [0.29, 0.717) is 6.42 Å². The van der Waals surface area contributed by atoms with Gasteiger partial charge < -0.3 is 49.3 Å². The number of hydrogen-bond donors (Lipinski definition) is 6. The smallest absolute Gasteiger partial charge is 0.305 e. The average molecular weight is 600 g/mol. The van der Waals surface area contributed by atoms with E-state index in [-0.39, 0.29) is 6.42 Å². The maximum absolute atomic E-state index is 12.0. The number of phosphoric acid groups is 1. The van der Waals surface area contributed by atoms with Crippen molar-refractivity contribution in [3.8, 4) is 0 Å². The van der Waals surface area contributed by atoms with Crippen LogP contribution in [0.2, 0.25) is 0 Å². The van der Waals surface area contributed by atoms with Gasteiger partial charge in [0, 0.05) is 6.42 Å². The fraction of sp³-hybridized carbons (Fsp3) is 0.963. The van der Waals surface area contributed by atoms with E-state index in [9.17, 15) is 44.9 Å². The standard InChI is InChI=1S/C27H53O12P/c1-2-3-4-5-6-7-8-9-10-11-12-13-14-15-16-17-21(29)37-18-20(28)19-38-40(35,36)39-27-25(33)23(31)22(30)24(32)26(27)34/h20,22-28,30-34H,2-19H2,1H3,(H,35,36)/p-1/t20-,22?,23-,24+,25-,26-,27?/m1/s1. The van der Waals surface area contributed by atoms with Gasteiger partial charge in [0.15, 0.2) is 0 Å². The quantitative estimate of drug-likeness (QED) is 0.0565. The zero-order chi connectivity index (χ0) is 30.0. The molecule has 1 saturated carbocycles. The Kier molecular flexibility index (Phi) is 19.7. The van der Waals surface area contributed by atoms with Crippen molar-refractivity contribution in [1.82, 2.24) is 0 Å². The van der Waals surface area contributed by atoms with Crippen molar-refractivity contribution in [2.45, 2.75) is 152 Å². The summed E-state index contributed by atoms with van der Waals surface area (Å²) in [5.74, 6) is -0.523. The molecule has 0 saturated heterocycles. The summed E-state index contributed by atoms with van der Waals surface area (Å²) in [5, 5.41) is 58.4. The van der Waals surface area contributed by atoms with Crippen molar-refractivity contribution in [3.05, 3.63) is 0 Å². The number of unbranched alkanes of at least 4 members (excludes halogenated alkanes) is 14. The van der Waals surface area contributed by atoms with E-state index in [0.717, 1.165) is 19.3 Å². The molecule has 0 bridgehead atoms. The number of hydrogen-bond acceptors (Lipinski definition) is 12. The van der Waals surface area contributed by atoms with Crippen LogP contribution in [0.3, 0.4) is 0 Å². The fourth-order valence-electron chi connectivity index (χ4n) is 4.63. The predicted octanol–water partition coefficient (Wildman–Crippen LogP) is 1.84. The van der Waals surface area contributed by atoms with Gasteiger partial charge in [-0.1, -0.05) is 96.8 Å². The summed E-state index contributed by atoms with van der Waals surface area (Å²) < 4.78 is 26.0. The predicted molar refractivity (Wildman–Crippen MR) is 145 cm³/mol. The lowest BCUT2D eigenvalue weighted by Gasteiger charge is -2.43. The normalized spacial score (nSPS) is 27.3. The third kappa shape index (κ3) is 15.5. The fourth-order valence-corrected chi connectivity index (χ4v) is 5.59. The molecule has 8 atom stereocenters. The molecule has 238 valence electrons. The number of carbonyl (C=O) groups excluding carboxylic acids is 1. The summed E-state index contributed by atoms with van der Waals surface area (Å²) in [6.45, 7) is 0.897. The first kappa shape index (κ1) is 37.4. The molecule has 0 heterocycles. The van der Waals surface area contributed by atoms with Crippen LogP contribution >= 0.6 is 7.82 Å². The molecule has 3 unspecified atom stereocenters. The van der Waals surface area contributed by atoms with Gasteiger partial charge in [0.05, 0.1) is 6.61 Å². The van der Waals surface area contributed by atoms with Crippen molar-refractivity contribution in [2.24, 2.45) is 0 Å². The number of ether oxygens (including phenoxy) is 1. The first-order chi connectivity index (χ1) is 19.0. The summed E-state index contributed by atoms with van der Waals surface area (Å²) >= 11 is 0. The maximum atomic E-state index is 12.0. The van der Waals surface area contributed by atoms with Crippen molar-refractivity contribution in [3.63, 3.8) is 0 Å². The lowest BCUT2D eigenvalue weighted by molar-refractivity contribution is -0.261. The largest absolute Gasteiger partial charge is 0.756 e. The zero-order valence-corrected chi connectivity index (χ0v) is 24.7. The Morgan fingerprint density at radius 1 is 0.700 bits per heavy atom. The van der Waals surface area contributed by atoms with Gasteiger partial charge in [-0.3, -0.25) is 9.36 Å². The molecule has 0 spiro atoms. The minimum Gasteiger partial charge on any atom is -0.756 e. The second-order valence-electron chi connectivity index (χ2n) is 10.8. The number of carbonyl (C=O) groups is 1. The Morgan fingerprint density at radius 2 is 1.10 bits per heavy atom. The van der Waals surface area contributed by atoms with Gasteiger partial charge >= 0.3 is 5.97 Å². The van der Waals surface area contributed by atoms with Crippen molar-refractivity contribution in [1.29, 1.82) is 0 Å². The van der Waals surface area contributed by atoms with E-state index in [4.69, 9.17) is 4.74 Å². The second-order valence-corrected chi connectivity index (χ2v) is 12.2. The molecule has 1 rings (SSSR count). The number of aliphatic hydroxyl groups is 6. The number of rotatable bonds is 23. The second kappa shape index (κ2) is 21.1. The van der Waals surface area contributed by atoms with Crippen LogP contribution in [0.4, 0.5) is 0 Å². The Morgan fingerprint density at radius 3 is 1.55 bits per heavy atom. The van der Waals surface area contributed by atoms with Crippen LogP contribution in [0.25, 0.3) is 0 Å². The molecular weight excluding hydrogens is 547 g/mol. The van der Waals surface area contributed by atoms with Gasteiger partial charge in [0.2, 0.25) is 0 Å². The summed E-state index contributed by atoms with van der Waals surface area (Å²) in [6.07, 6.45) is 4.90. The molecule has 6 N–H and O–H groups in total. The van der Waals surface area contributed by atoms with Gasteiger partial charge in [-0.25, -0.2) is 0 Å². The zero-order valence-electron chi connectivity index (χ0n) is 23.8. The Balaban J connectivity index is 2.06. The van der Waals surface area contributed by atoms with Crippen molar-refractivity contribution in [2.75, 3.05) is 13.2 Å². The first-order valence-electron chi connectivity index (χ1n) is 14.9. The molecule has 0 amide bonds. The molecule has 40 heavy (non-hydrogen) atoms. The van der Waals surface area contributed by atoms with Crippen molar-refractivity contribution >= 4 is 13.8 Å². The highest BCUT2D eigenvalue weighted by atomic mass is 31.2. The molecule has 1 fully saturated rings. The summed E-state index contributed by atoms with van der Waals surface area (Å²) in [6, 6.07) is 0. The number of aliphatic hydroxyl groups excluding tert-OH is 6. The van der Waals surface area contributed by atoms with Gasteiger partial charge in [-0.2, -0.15) is 0 Å². The van der Waals surface area contributed by atoms with E-state index in [1.165, 1.54) is 70.6 Å². The lowest BCUT2D eigenvalue weighted by atomic mass is 9.85. The highest BCUT2D eigenvalue weighted by Crippen LogP contribution is 2.43. The highest BCUT2D eigenvalue weighted by Gasteiger charge is 2.50. The monoisotopic (exact) mass is 599 g/mol. The minimum atomic E-state index is -5.23. The average Bonchev–Trinajstić information content (AvgIpc) is 2.93. The third-order valence-electron chi connectivity index (χ3n) is 7.17. The number of esters is 1. The Hall–Kier alpha value is -0.660. The van der Waals surface area contributed by atoms with E-state index in [1.54, 1.807) is 0 Å². The van der Waals surface area contributed by atoms with Crippen LogP contribution in [0.15, 0.2) is 0 Å². The maximum Gasteiger partial charge on any atom is 0.305 e. The Labute approximate surface area is 238 Å². The molecule has 0 aromatic rings. The molecular formula is C27H52O12P-. The van der Waals surface area contributed by atoms with Gasteiger partial charge in [0.25, 0.3) is 7.82 Å². The molecule has 12 nitrogen and oxygen atoms in total. The van der Waals surface area contributed by atoms with Crippen molar-refractivity contribution < 1.29 is 58.7 Å². The van der Waals surface area contributed by atoms with Crippen LogP contribution in [-0.4, -0.2) is 92.5 Å². The van der Waals surface area contributed by atoms with Crippen LogP contribution in [0.1, 0.15) is 110 Å². The Bertz CT molecular complexity index is 695. The van der Waals surface area contributed by atoms with Crippen LogP contribution in [0, 0.1) is 0 Å². The third-order valence-corrected chi connectivity index (χ3v) is 8.14. The number of phosphoric ester groups is 1. The molecule has 1 aliphatic rings. The summed E-state index contributed by atoms with van der Waals surface area (Å²) in [5.41, 5.74) is 0. The first-order valence-corrected chi connectivity index (χ1v) is 16.3. The minimum absolute atomic E-state index is 0.183. The van der Waals surface area contributed by atoms with Gasteiger partial charge in [-0.15, -0.1) is 0 Å². The SMILES string of the molecule is CCCCCCCCCCCCCCCCCC(=O)OC[C@@H](O)COP(=O)([O-])OC1[C@H](O)[C@H](O)C(O)[C@H](O)[C@H]1O. The van der Waals surface area contributed by atoms with Gasteiger partial charge in [0.1, 0.15) is 49.3 Å². The lowest BCUT2D eigenvalue weighted by Crippen LogP contribution is -2.64. The van der Waals surface area contributed by atoms with E-state index in [2.05, 4.69) is 16.0 Å². The van der Waals surface area contributed by atoms with Crippen LogP contribution in [0.5, 0.6) is 0 Å². The van der Waals surface area contributed by atoms with Gasteiger partial charge in [-0.05, 0) is 6.42 Å². The van der Waals surface area contributed by atoms with E-state index in [1.807, 2.05) is 0 Å². The molecule has 1 aliphatic carbocycles. The molecule has 0 aliphatic heterocycles. The molecule has 0 aromatic carbocycles. The highest BCUT2D eigenvalue weighted by molar-refractivity contribution is 7.45. The molecule has 13 heteroatoms. The summed E-state index contributed by atoms with van der Waals surface area (Å²) in [7, 11) is -5.23.